The zero-order valence-corrected chi connectivity index (χ0v) is 15.8. The first-order valence-electron chi connectivity index (χ1n) is 8.12. The summed E-state index contributed by atoms with van der Waals surface area (Å²) in [5.41, 5.74) is 8.57. The van der Waals surface area contributed by atoms with Crippen molar-refractivity contribution in [1.29, 1.82) is 0 Å². The van der Waals surface area contributed by atoms with Crippen molar-refractivity contribution in [2.24, 2.45) is 5.73 Å². The van der Waals surface area contributed by atoms with Gasteiger partial charge in [-0.3, -0.25) is 9.52 Å². The van der Waals surface area contributed by atoms with E-state index in [9.17, 15) is 13.2 Å². The maximum absolute atomic E-state index is 12.8. The molecule has 0 aliphatic heterocycles. The number of nitrogens with one attached hydrogen (secondary N) is 1. The van der Waals surface area contributed by atoms with Crippen molar-refractivity contribution in [3.63, 3.8) is 0 Å². The van der Waals surface area contributed by atoms with Gasteiger partial charge < -0.3 is 10.5 Å². The number of aryl methyl sites for hydroxylation is 3. The van der Waals surface area contributed by atoms with Crippen molar-refractivity contribution in [2.75, 3.05) is 11.3 Å². The summed E-state index contributed by atoms with van der Waals surface area (Å²) in [5.74, 6) is -0.414. The van der Waals surface area contributed by atoms with Crippen LogP contribution < -0.4 is 15.2 Å². The zero-order chi connectivity index (χ0) is 18.9. The minimum absolute atomic E-state index is 0.0718. The fraction of sp³-hybridized carbons (Fsp3) is 0.278. The predicted octanol–water partition coefficient (Wildman–Crippen LogP) is 2.80. The lowest BCUT2D eigenvalue weighted by Crippen LogP contribution is -2.20. The van der Waals surface area contributed by atoms with Gasteiger partial charge in [0.15, 0.2) is 6.61 Å². The first kappa shape index (κ1) is 18.5. The smallest absolute Gasteiger partial charge is 0.263 e. The third-order valence-corrected chi connectivity index (χ3v) is 6.09. The molecule has 1 aliphatic carbocycles. The lowest BCUT2D eigenvalue weighted by molar-refractivity contribution is -0.119. The van der Waals surface area contributed by atoms with Crippen LogP contribution in [0.2, 0.25) is 5.02 Å². The Labute approximate surface area is 157 Å². The molecule has 0 saturated carbocycles. The van der Waals surface area contributed by atoms with Crippen molar-refractivity contribution in [2.45, 2.75) is 31.1 Å². The van der Waals surface area contributed by atoms with E-state index >= 15 is 0 Å². The number of ether oxygens (including phenoxy) is 1. The number of hydrogen-bond donors (Lipinski definition) is 2. The third kappa shape index (κ3) is 3.94. The number of fused-ring (bicyclic) bond motifs is 1. The van der Waals surface area contributed by atoms with Crippen LogP contribution in [0.25, 0.3) is 0 Å². The third-order valence-electron chi connectivity index (χ3n) is 4.24. The highest BCUT2D eigenvalue weighted by molar-refractivity contribution is 7.92. The number of carbonyl (C=O) groups excluding carboxylic acids is 1. The number of nitrogens with two attached hydrogens (primary N) is 1. The monoisotopic (exact) mass is 394 g/mol. The summed E-state index contributed by atoms with van der Waals surface area (Å²) in [6, 6.07) is 8.32. The number of halogens is 1. The van der Waals surface area contributed by atoms with Gasteiger partial charge in [-0.25, -0.2) is 8.42 Å². The minimum atomic E-state index is -3.92. The van der Waals surface area contributed by atoms with Crippen LogP contribution in [0.5, 0.6) is 5.75 Å². The molecule has 3 N–H and O–H groups in total. The number of hydrogen-bond acceptors (Lipinski definition) is 4. The molecule has 0 heterocycles. The highest BCUT2D eigenvalue weighted by Crippen LogP contribution is 2.32. The summed E-state index contributed by atoms with van der Waals surface area (Å²) in [7, 11) is -3.92. The van der Waals surface area contributed by atoms with Gasteiger partial charge in [0.1, 0.15) is 10.6 Å². The van der Waals surface area contributed by atoms with Crippen LogP contribution in [-0.4, -0.2) is 20.9 Å². The van der Waals surface area contributed by atoms with E-state index in [0.29, 0.717) is 11.3 Å². The molecule has 2 aromatic carbocycles. The van der Waals surface area contributed by atoms with E-state index in [2.05, 4.69) is 4.72 Å². The van der Waals surface area contributed by atoms with E-state index in [1.54, 1.807) is 13.0 Å². The molecule has 0 saturated heterocycles. The van der Waals surface area contributed by atoms with E-state index in [1.165, 1.54) is 17.7 Å². The second-order valence-corrected chi connectivity index (χ2v) is 8.30. The van der Waals surface area contributed by atoms with Crippen molar-refractivity contribution in [3.8, 4) is 5.75 Å². The molecule has 1 amide bonds. The highest BCUT2D eigenvalue weighted by Gasteiger charge is 2.22. The summed E-state index contributed by atoms with van der Waals surface area (Å²) in [6.07, 6.45) is 3.05. The van der Waals surface area contributed by atoms with Gasteiger partial charge in [-0.15, -0.1) is 0 Å². The Bertz CT molecular complexity index is 973. The molecular formula is C18H19ClN2O4S. The molecule has 0 aromatic heterocycles. The van der Waals surface area contributed by atoms with E-state index in [4.69, 9.17) is 22.1 Å². The topological polar surface area (TPSA) is 98.5 Å². The molecule has 2 aromatic rings. The van der Waals surface area contributed by atoms with Gasteiger partial charge in [0.05, 0.1) is 5.02 Å². The second-order valence-electron chi connectivity index (χ2n) is 6.25. The summed E-state index contributed by atoms with van der Waals surface area (Å²) in [6.45, 7) is 1.35. The van der Waals surface area contributed by atoms with E-state index in [1.807, 2.05) is 12.1 Å². The molecule has 8 heteroatoms. The fourth-order valence-electron chi connectivity index (χ4n) is 2.99. The van der Waals surface area contributed by atoms with Gasteiger partial charge in [-0.2, -0.15) is 0 Å². The largest absolute Gasteiger partial charge is 0.483 e. The van der Waals surface area contributed by atoms with Gasteiger partial charge >= 0.3 is 0 Å². The number of amides is 1. The van der Waals surface area contributed by atoms with E-state index < -0.39 is 15.9 Å². The molecule has 0 spiro atoms. The number of carbonyl (C=O) groups is 1. The standard InChI is InChI=1S/C18H19ClN2O4S/c1-11-7-15(19)17(9-16(11)25-10-18(20)22)26(23,24)21-14-6-5-12-3-2-4-13(12)8-14/h5-9,21H,2-4,10H2,1H3,(H2,20,22). The summed E-state index contributed by atoms with van der Waals surface area (Å²) in [5, 5.41) is 0.0718. The molecule has 0 bridgehead atoms. The molecule has 26 heavy (non-hydrogen) atoms. The normalized spacial score (nSPS) is 13.3. The van der Waals surface area contributed by atoms with Crippen molar-refractivity contribution in [1.82, 2.24) is 0 Å². The average molecular weight is 395 g/mol. The van der Waals surface area contributed by atoms with E-state index in [0.717, 1.165) is 24.8 Å². The van der Waals surface area contributed by atoms with Crippen molar-refractivity contribution in [3.05, 3.63) is 52.0 Å². The number of benzene rings is 2. The van der Waals surface area contributed by atoms with Crippen LogP contribution in [0.15, 0.2) is 35.2 Å². The van der Waals surface area contributed by atoms with Crippen LogP contribution in [-0.2, 0) is 27.7 Å². The minimum Gasteiger partial charge on any atom is -0.483 e. The molecule has 0 unspecified atom stereocenters. The molecule has 6 nitrogen and oxygen atoms in total. The number of sulfonamides is 1. The first-order valence-corrected chi connectivity index (χ1v) is 9.98. The number of rotatable bonds is 6. The Morgan fingerprint density at radius 3 is 2.69 bits per heavy atom. The van der Waals surface area contributed by atoms with Crippen LogP contribution in [0.1, 0.15) is 23.1 Å². The SMILES string of the molecule is Cc1cc(Cl)c(S(=O)(=O)Nc2ccc3c(c2)CCC3)cc1OCC(N)=O. The molecule has 0 atom stereocenters. The van der Waals surface area contributed by atoms with Gasteiger partial charge in [-0.1, -0.05) is 17.7 Å². The van der Waals surface area contributed by atoms with Crippen LogP contribution in [0.3, 0.4) is 0 Å². The Hall–Kier alpha value is -2.25. The number of primary amides is 1. The van der Waals surface area contributed by atoms with Crippen molar-refractivity contribution < 1.29 is 17.9 Å². The molecule has 138 valence electrons. The van der Waals surface area contributed by atoms with Crippen LogP contribution in [0, 0.1) is 6.92 Å². The Morgan fingerprint density at radius 2 is 1.96 bits per heavy atom. The molecule has 3 rings (SSSR count). The Morgan fingerprint density at radius 1 is 1.23 bits per heavy atom. The maximum Gasteiger partial charge on any atom is 0.263 e. The predicted molar refractivity (Wildman–Crippen MR) is 100 cm³/mol. The molecular weight excluding hydrogens is 376 g/mol. The molecule has 0 radical (unpaired) electrons. The summed E-state index contributed by atoms with van der Waals surface area (Å²) >= 11 is 6.14. The van der Waals surface area contributed by atoms with Gasteiger partial charge in [0.2, 0.25) is 0 Å². The maximum atomic E-state index is 12.8. The van der Waals surface area contributed by atoms with Crippen LogP contribution >= 0.6 is 11.6 Å². The lowest BCUT2D eigenvalue weighted by Gasteiger charge is -2.14. The van der Waals surface area contributed by atoms with Crippen molar-refractivity contribution >= 4 is 33.2 Å². The van der Waals surface area contributed by atoms with E-state index in [-0.39, 0.29) is 22.3 Å². The quantitative estimate of drug-likeness (QED) is 0.786. The summed E-state index contributed by atoms with van der Waals surface area (Å²) in [4.78, 5) is 10.8. The summed E-state index contributed by atoms with van der Waals surface area (Å²) < 4.78 is 33.4. The van der Waals surface area contributed by atoms with Crippen LogP contribution in [0.4, 0.5) is 5.69 Å². The second kappa shape index (κ2) is 7.17. The number of anilines is 1. The van der Waals surface area contributed by atoms with Gasteiger partial charge in [-0.05, 0) is 61.1 Å². The molecule has 0 fully saturated rings. The van der Waals surface area contributed by atoms with Gasteiger partial charge in [0.25, 0.3) is 15.9 Å². The average Bonchev–Trinajstić information content (AvgIpc) is 3.00. The van der Waals surface area contributed by atoms with Gasteiger partial charge in [0, 0.05) is 11.8 Å². The lowest BCUT2D eigenvalue weighted by atomic mass is 10.1. The zero-order valence-electron chi connectivity index (χ0n) is 14.2. The Balaban J connectivity index is 1.91. The fourth-order valence-corrected chi connectivity index (χ4v) is 4.64. The Kier molecular flexibility index (Phi) is 5.11. The highest BCUT2D eigenvalue weighted by atomic mass is 35.5. The molecule has 1 aliphatic rings. The first-order chi connectivity index (χ1) is 12.3.